The Morgan fingerprint density at radius 2 is 1.89 bits per heavy atom. The molecule has 0 saturated heterocycles. The van der Waals surface area contributed by atoms with Gasteiger partial charge in [0.1, 0.15) is 0 Å². The van der Waals surface area contributed by atoms with Crippen LogP contribution in [-0.2, 0) is 11.3 Å². The molecule has 5 nitrogen and oxygen atoms in total. The Kier molecular flexibility index (Phi) is 5.71. The molecule has 2 aromatic carbocycles. The molecule has 0 aliphatic carbocycles. The maximum Gasteiger partial charge on any atom is 0.251 e. The van der Waals surface area contributed by atoms with Gasteiger partial charge in [0.05, 0.1) is 0 Å². The first kappa shape index (κ1) is 19.2. The minimum Gasteiger partial charge on any atom is -0.366 e. The molecule has 1 unspecified atom stereocenters. The van der Waals surface area contributed by atoms with Crippen LogP contribution in [0.1, 0.15) is 33.8 Å². The lowest BCUT2D eigenvalue weighted by Crippen LogP contribution is -2.26. The van der Waals surface area contributed by atoms with Crippen LogP contribution in [0.25, 0.3) is 0 Å². The van der Waals surface area contributed by atoms with Crippen LogP contribution >= 0.6 is 11.6 Å². The number of fused-ring (bicyclic) bond motifs is 1. The summed E-state index contributed by atoms with van der Waals surface area (Å²) < 4.78 is 0. The zero-order valence-corrected chi connectivity index (χ0v) is 16.6. The van der Waals surface area contributed by atoms with Crippen molar-refractivity contribution >= 4 is 29.1 Å². The van der Waals surface area contributed by atoms with Crippen molar-refractivity contribution in [1.82, 2.24) is 10.2 Å². The van der Waals surface area contributed by atoms with Crippen LogP contribution < -0.4 is 10.2 Å². The second kappa shape index (κ2) is 8.01. The highest BCUT2D eigenvalue weighted by Crippen LogP contribution is 2.40. The molecule has 0 saturated carbocycles. The van der Waals surface area contributed by atoms with Gasteiger partial charge in [-0.1, -0.05) is 23.7 Å². The van der Waals surface area contributed by atoms with Crippen LogP contribution in [0, 0.1) is 0 Å². The van der Waals surface area contributed by atoms with E-state index in [1.165, 1.54) is 0 Å². The molecule has 1 atom stereocenters. The van der Waals surface area contributed by atoms with Gasteiger partial charge in [0.25, 0.3) is 5.91 Å². The van der Waals surface area contributed by atoms with Crippen molar-refractivity contribution in [2.24, 2.45) is 0 Å². The molecule has 0 radical (unpaired) electrons. The lowest BCUT2D eigenvalue weighted by molar-refractivity contribution is -0.129. The van der Waals surface area contributed by atoms with Gasteiger partial charge >= 0.3 is 0 Å². The molecule has 142 valence electrons. The van der Waals surface area contributed by atoms with Crippen molar-refractivity contribution in [3.8, 4) is 0 Å². The summed E-state index contributed by atoms with van der Waals surface area (Å²) in [4.78, 5) is 27.8. The molecule has 1 N–H and O–H groups in total. The first-order chi connectivity index (χ1) is 12.9. The van der Waals surface area contributed by atoms with Crippen molar-refractivity contribution < 1.29 is 9.59 Å². The molecule has 0 aromatic heterocycles. The lowest BCUT2D eigenvalue weighted by Gasteiger charge is -2.20. The number of amides is 2. The second-order valence-electron chi connectivity index (χ2n) is 7.05. The lowest BCUT2D eigenvalue weighted by atomic mass is 9.97. The second-order valence-corrected chi connectivity index (χ2v) is 7.49. The number of benzene rings is 2. The average Bonchev–Trinajstić information content (AvgIpc) is 2.98. The summed E-state index contributed by atoms with van der Waals surface area (Å²) in [6, 6.07) is 13.5. The highest BCUT2D eigenvalue weighted by Gasteiger charge is 2.30. The van der Waals surface area contributed by atoms with Crippen molar-refractivity contribution in [3.63, 3.8) is 0 Å². The quantitative estimate of drug-likeness (QED) is 0.859. The Hall–Kier alpha value is -2.53. The third-order valence-electron chi connectivity index (χ3n) is 4.95. The Bertz CT molecular complexity index is 849. The van der Waals surface area contributed by atoms with Gasteiger partial charge in [0, 0.05) is 62.8 Å². The molecule has 2 amide bonds. The summed E-state index contributed by atoms with van der Waals surface area (Å²) in [5, 5.41) is 3.32. The van der Waals surface area contributed by atoms with Gasteiger partial charge in [-0.3, -0.25) is 9.59 Å². The number of anilines is 1. The summed E-state index contributed by atoms with van der Waals surface area (Å²) in [6.45, 7) is 1.49. The molecule has 0 bridgehead atoms. The minimum absolute atomic E-state index is 0.0926. The van der Waals surface area contributed by atoms with E-state index < -0.39 is 0 Å². The predicted molar refractivity (Wildman–Crippen MR) is 108 cm³/mol. The van der Waals surface area contributed by atoms with Crippen molar-refractivity contribution in [1.29, 1.82) is 0 Å². The molecular formula is C21H24ClN3O2. The summed E-state index contributed by atoms with van der Waals surface area (Å²) in [6.07, 6.45) is 0.465. The summed E-state index contributed by atoms with van der Waals surface area (Å²) in [5.41, 5.74) is 4.00. The molecule has 27 heavy (non-hydrogen) atoms. The first-order valence-corrected chi connectivity index (χ1v) is 9.32. The molecule has 3 rings (SSSR count). The fourth-order valence-corrected chi connectivity index (χ4v) is 3.63. The smallest absolute Gasteiger partial charge is 0.251 e. The number of halogens is 1. The number of carbonyl (C=O) groups excluding carboxylic acids is 2. The van der Waals surface area contributed by atoms with Gasteiger partial charge < -0.3 is 15.1 Å². The van der Waals surface area contributed by atoms with Crippen LogP contribution in [0.5, 0.6) is 0 Å². The third-order valence-corrected chi connectivity index (χ3v) is 5.18. The van der Waals surface area contributed by atoms with E-state index in [0.29, 0.717) is 17.0 Å². The van der Waals surface area contributed by atoms with Crippen molar-refractivity contribution in [3.05, 3.63) is 64.2 Å². The SMILES string of the molecule is CNC(=O)c1ccc(CN2CC(CC(=O)N(C)C)c3cc(Cl)ccc32)cc1. The summed E-state index contributed by atoms with van der Waals surface area (Å²) in [5.74, 6) is 0.145. The molecule has 2 aromatic rings. The highest BCUT2D eigenvalue weighted by atomic mass is 35.5. The normalized spacial score (nSPS) is 15.4. The monoisotopic (exact) mass is 385 g/mol. The van der Waals surface area contributed by atoms with E-state index in [2.05, 4.69) is 10.2 Å². The van der Waals surface area contributed by atoms with E-state index in [1.54, 1.807) is 26.0 Å². The van der Waals surface area contributed by atoms with Gasteiger partial charge in [-0.2, -0.15) is 0 Å². The van der Waals surface area contributed by atoms with Gasteiger partial charge in [-0.25, -0.2) is 0 Å². The molecular weight excluding hydrogens is 362 g/mol. The Labute approximate surface area is 164 Å². The topological polar surface area (TPSA) is 52.7 Å². The summed E-state index contributed by atoms with van der Waals surface area (Å²) >= 11 is 6.20. The van der Waals surface area contributed by atoms with Crippen LogP contribution in [0.2, 0.25) is 5.02 Å². The van der Waals surface area contributed by atoms with Crippen LogP contribution in [0.15, 0.2) is 42.5 Å². The zero-order chi connectivity index (χ0) is 19.6. The van der Waals surface area contributed by atoms with E-state index in [9.17, 15) is 9.59 Å². The number of hydrogen-bond donors (Lipinski definition) is 1. The predicted octanol–water partition coefficient (Wildman–Crippen LogP) is 3.28. The fourth-order valence-electron chi connectivity index (χ4n) is 3.45. The Morgan fingerprint density at radius 3 is 2.52 bits per heavy atom. The number of nitrogens with zero attached hydrogens (tertiary/aromatic N) is 2. The van der Waals surface area contributed by atoms with Crippen molar-refractivity contribution in [2.45, 2.75) is 18.9 Å². The minimum atomic E-state index is -0.0926. The summed E-state index contributed by atoms with van der Waals surface area (Å²) in [7, 11) is 5.18. The maximum atomic E-state index is 12.2. The van der Waals surface area contributed by atoms with E-state index in [1.807, 2.05) is 42.5 Å². The van der Waals surface area contributed by atoms with E-state index in [-0.39, 0.29) is 17.7 Å². The molecule has 6 heteroatoms. The number of nitrogens with one attached hydrogen (secondary N) is 1. The van der Waals surface area contributed by atoms with Gasteiger partial charge in [-0.05, 0) is 41.5 Å². The largest absolute Gasteiger partial charge is 0.366 e. The first-order valence-electron chi connectivity index (χ1n) is 8.94. The zero-order valence-electron chi connectivity index (χ0n) is 15.8. The number of rotatable bonds is 5. The van der Waals surface area contributed by atoms with Crippen LogP contribution in [0.3, 0.4) is 0 Å². The fraction of sp³-hybridized carbons (Fsp3) is 0.333. The maximum absolute atomic E-state index is 12.2. The molecule has 1 aliphatic rings. The van der Waals surface area contributed by atoms with Crippen molar-refractivity contribution in [2.75, 3.05) is 32.6 Å². The van der Waals surface area contributed by atoms with E-state index >= 15 is 0 Å². The standard InChI is InChI=1S/C21H24ClN3O2/c1-23-21(27)15-6-4-14(5-7-15)12-25-13-16(10-20(26)24(2)3)18-11-17(22)8-9-19(18)25/h4-9,11,16H,10,12-13H2,1-3H3,(H,23,27). The third kappa shape index (κ3) is 4.25. The molecule has 1 heterocycles. The van der Waals surface area contributed by atoms with Gasteiger partial charge in [-0.15, -0.1) is 0 Å². The number of carbonyl (C=O) groups is 2. The Morgan fingerprint density at radius 1 is 1.19 bits per heavy atom. The molecule has 0 fully saturated rings. The van der Waals surface area contributed by atoms with Crippen LogP contribution in [0.4, 0.5) is 5.69 Å². The Balaban J connectivity index is 1.80. The average molecular weight is 386 g/mol. The van der Waals surface area contributed by atoms with E-state index in [4.69, 9.17) is 11.6 Å². The van der Waals surface area contributed by atoms with E-state index in [0.717, 1.165) is 29.9 Å². The van der Waals surface area contributed by atoms with Gasteiger partial charge in [0.15, 0.2) is 0 Å². The number of hydrogen-bond acceptors (Lipinski definition) is 3. The molecule has 1 aliphatic heterocycles. The van der Waals surface area contributed by atoms with Gasteiger partial charge in [0.2, 0.25) is 5.91 Å². The highest BCUT2D eigenvalue weighted by molar-refractivity contribution is 6.30. The van der Waals surface area contributed by atoms with Crippen LogP contribution in [-0.4, -0.2) is 44.4 Å². The molecule has 0 spiro atoms.